The summed E-state index contributed by atoms with van der Waals surface area (Å²) in [6.07, 6.45) is 1.42. The Labute approximate surface area is 182 Å². The normalized spacial score (nSPS) is 28.4. The van der Waals surface area contributed by atoms with Crippen molar-refractivity contribution in [2.75, 3.05) is 25.6 Å². The molecule has 0 bridgehead atoms. The molecule has 0 radical (unpaired) electrons. The standard InChI is InChI=1S/C23H26FNO5S/c24-20-10-4-3-9-18(20)19-14-25(23-22(19)28-15-29-23)12-13-31(26,27)30-21-11-5-7-16-6-1-2-8-17(16)21/h1-4,6,8-10,19,21-23H,5,7,11-15H2. The van der Waals surface area contributed by atoms with Gasteiger partial charge in [0.2, 0.25) is 0 Å². The van der Waals surface area contributed by atoms with Gasteiger partial charge in [-0.05, 0) is 42.0 Å². The lowest BCUT2D eigenvalue weighted by molar-refractivity contribution is -0.0188. The number of fused-ring (bicyclic) bond motifs is 2. The minimum atomic E-state index is -3.74. The van der Waals surface area contributed by atoms with E-state index in [1.165, 1.54) is 6.07 Å². The predicted octanol–water partition coefficient (Wildman–Crippen LogP) is 3.35. The lowest BCUT2D eigenvalue weighted by Gasteiger charge is -2.26. The van der Waals surface area contributed by atoms with E-state index in [1.807, 2.05) is 29.2 Å². The van der Waals surface area contributed by atoms with Gasteiger partial charge in [0, 0.05) is 19.0 Å². The van der Waals surface area contributed by atoms with Gasteiger partial charge in [-0.2, -0.15) is 8.42 Å². The lowest BCUT2D eigenvalue weighted by atomic mass is 9.90. The molecule has 4 atom stereocenters. The zero-order valence-corrected chi connectivity index (χ0v) is 18.0. The molecule has 4 unspecified atom stereocenters. The average molecular weight is 448 g/mol. The van der Waals surface area contributed by atoms with Crippen molar-refractivity contribution in [3.05, 3.63) is 71.0 Å². The molecule has 2 aromatic rings. The SMILES string of the molecule is O=S(=O)(CCN1CC(c2ccccc2F)C2OCOC21)OC1CCCc2ccccc21. The molecule has 166 valence electrons. The molecule has 6 nitrogen and oxygen atoms in total. The smallest absolute Gasteiger partial charge is 0.269 e. The highest BCUT2D eigenvalue weighted by molar-refractivity contribution is 7.86. The summed E-state index contributed by atoms with van der Waals surface area (Å²) in [6, 6.07) is 14.5. The van der Waals surface area contributed by atoms with Gasteiger partial charge in [-0.25, -0.2) is 4.39 Å². The Kier molecular flexibility index (Phi) is 5.83. The van der Waals surface area contributed by atoms with Crippen LogP contribution in [0.3, 0.4) is 0 Å². The van der Waals surface area contributed by atoms with Crippen LogP contribution < -0.4 is 0 Å². The molecule has 0 spiro atoms. The Balaban J connectivity index is 1.26. The zero-order valence-electron chi connectivity index (χ0n) is 17.2. The number of likely N-dealkylation sites (tertiary alicyclic amines) is 1. The van der Waals surface area contributed by atoms with Crippen LogP contribution in [-0.4, -0.2) is 51.3 Å². The van der Waals surface area contributed by atoms with Gasteiger partial charge in [0.1, 0.15) is 31.0 Å². The maximum absolute atomic E-state index is 14.4. The van der Waals surface area contributed by atoms with Crippen LogP contribution in [-0.2, 0) is 30.2 Å². The van der Waals surface area contributed by atoms with Crippen molar-refractivity contribution in [2.24, 2.45) is 0 Å². The van der Waals surface area contributed by atoms with E-state index in [2.05, 4.69) is 0 Å². The number of halogens is 1. The summed E-state index contributed by atoms with van der Waals surface area (Å²) in [5.74, 6) is -0.638. The Hall–Kier alpha value is -1.84. The third-order valence-corrected chi connectivity index (χ3v) is 7.69. The molecule has 3 aliphatic rings. The van der Waals surface area contributed by atoms with E-state index >= 15 is 0 Å². The minimum absolute atomic E-state index is 0.124. The third-order valence-electron chi connectivity index (χ3n) is 6.48. The third kappa shape index (κ3) is 4.27. The molecule has 0 saturated carbocycles. The predicted molar refractivity (Wildman–Crippen MR) is 112 cm³/mol. The fourth-order valence-corrected chi connectivity index (χ4v) is 6.09. The monoisotopic (exact) mass is 447 g/mol. The number of benzene rings is 2. The summed E-state index contributed by atoms with van der Waals surface area (Å²) in [6.45, 7) is 0.836. The van der Waals surface area contributed by atoms with E-state index in [1.54, 1.807) is 18.2 Å². The summed E-state index contributed by atoms with van der Waals surface area (Å²) in [4.78, 5) is 1.92. The van der Waals surface area contributed by atoms with Crippen LogP contribution in [0, 0.1) is 5.82 Å². The summed E-state index contributed by atoms with van der Waals surface area (Å²) in [5, 5.41) is 0. The van der Waals surface area contributed by atoms with E-state index in [9.17, 15) is 12.8 Å². The van der Waals surface area contributed by atoms with Crippen LogP contribution in [0.4, 0.5) is 4.39 Å². The molecular weight excluding hydrogens is 421 g/mol. The van der Waals surface area contributed by atoms with E-state index in [0.29, 0.717) is 18.5 Å². The second kappa shape index (κ2) is 8.60. The molecule has 2 aliphatic heterocycles. The van der Waals surface area contributed by atoms with E-state index in [0.717, 1.165) is 24.0 Å². The molecule has 0 N–H and O–H groups in total. The average Bonchev–Trinajstić information content (AvgIpc) is 3.36. The summed E-state index contributed by atoms with van der Waals surface area (Å²) >= 11 is 0. The number of hydrogen-bond acceptors (Lipinski definition) is 6. The fraction of sp³-hybridized carbons (Fsp3) is 0.478. The Morgan fingerprint density at radius 1 is 1.06 bits per heavy atom. The highest BCUT2D eigenvalue weighted by Crippen LogP contribution is 2.39. The largest absolute Gasteiger partial charge is 0.347 e. The number of hydrogen-bond donors (Lipinski definition) is 0. The second-order valence-electron chi connectivity index (χ2n) is 8.37. The molecule has 2 heterocycles. The fourth-order valence-electron chi connectivity index (χ4n) is 4.99. The molecule has 2 aromatic carbocycles. The van der Waals surface area contributed by atoms with Gasteiger partial charge in [0.15, 0.2) is 0 Å². The molecule has 31 heavy (non-hydrogen) atoms. The first-order valence-corrected chi connectivity index (χ1v) is 12.3. The Morgan fingerprint density at radius 3 is 2.68 bits per heavy atom. The highest BCUT2D eigenvalue weighted by Gasteiger charge is 2.48. The number of nitrogens with zero attached hydrogens (tertiary/aromatic N) is 1. The van der Waals surface area contributed by atoms with Gasteiger partial charge >= 0.3 is 0 Å². The molecule has 2 saturated heterocycles. The van der Waals surface area contributed by atoms with E-state index < -0.39 is 16.2 Å². The molecular formula is C23H26FNO5S. The van der Waals surface area contributed by atoms with E-state index in [4.69, 9.17) is 13.7 Å². The van der Waals surface area contributed by atoms with Crippen LogP contribution >= 0.6 is 0 Å². The topological polar surface area (TPSA) is 65.1 Å². The summed E-state index contributed by atoms with van der Waals surface area (Å²) in [7, 11) is -3.74. The molecule has 5 rings (SSSR count). The quantitative estimate of drug-likeness (QED) is 0.633. The van der Waals surface area contributed by atoms with Gasteiger partial charge in [0.25, 0.3) is 10.1 Å². The first-order chi connectivity index (χ1) is 15.0. The van der Waals surface area contributed by atoms with Crippen molar-refractivity contribution in [3.63, 3.8) is 0 Å². The van der Waals surface area contributed by atoms with Crippen LogP contribution in [0.1, 0.15) is 41.6 Å². The maximum atomic E-state index is 14.4. The summed E-state index contributed by atoms with van der Waals surface area (Å²) in [5.41, 5.74) is 2.69. The molecule has 0 amide bonds. The molecule has 8 heteroatoms. The van der Waals surface area contributed by atoms with Crippen molar-refractivity contribution in [1.29, 1.82) is 0 Å². The van der Waals surface area contributed by atoms with Gasteiger partial charge in [-0.1, -0.05) is 42.5 Å². The van der Waals surface area contributed by atoms with Crippen molar-refractivity contribution < 1.29 is 26.5 Å². The summed E-state index contributed by atoms with van der Waals surface area (Å²) < 4.78 is 56.9. The van der Waals surface area contributed by atoms with Gasteiger partial charge in [0.05, 0.1) is 5.75 Å². The first kappa shape index (κ1) is 21.0. The van der Waals surface area contributed by atoms with Crippen LogP contribution in [0.15, 0.2) is 48.5 Å². The maximum Gasteiger partial charge on any atom is 0.269 e. The number of aryl methyl sites for hydroxylation is 1. The number of rotatable bonds is 6. The first-order valence-electron chi connectivity index (χ1n) is 10.7. The molecule has 0 aromatic heterocycles. The van der Waals surface area contributed by atoms with Crippen molar-refractivity contribution in [3.8, 4) is 0 Å². The van der Waals surface area contributed by atoms with E-state index in [-0.39, 0.29) is 43.2 Å². The van der Waals surface area contributed by atoms with Gasteiger partial charge < -0.3 is 9.47 Å². The Morgan fingerprint density at radius 2 is 1.84 bits per heavy atom. The highest BCUT2D eigenvalue weighted by atomic mass is 32.2. The van der Waals surface area contributed by atoms with Crippen LogP contribution in [0.2, 0.25) is 0 Å². The van der Waals surface area contributed by atoms with Crippen LogP contribution in [0.5, 0.6) is 0 Å². The minimum Gasteiger partial charge on any atom is -0.347 e. The van der Waals surface area contributed by atoms with Crippen molar-refractivity contribution in [1.82, 2.24) is 4.90 Å². The van der Waals surface area contributed by atoms with Crippen LogP contribution in [0.25, 0.3) is 0 Å². The second-order valence-corrected chi connectivity index (χ2v) is 10.1. The Bertz CT molecular complexity index is 1050. The van der Waals surface area contributed by atoms with Crippen molar-refractivity contribution >= 4 is 10.1 Å². The zero-order chi connectivity index (χ0) is 21.4. The van der Waals surface area contributed by atoms with Gasteiger partial charge in [-0.15, -0.1) is 0 Å². The van der Waals surface area contributed by atoms with Gasteiger partial charge in [-0.3, -0.25) is 9.08 Å². The van der Waals surface area contributed by atoms with Crippen molar-refractivity contribution in [2.45, 2.75) is 43.6 Å². The lowest BCUT2D eigenvalue weighted by Crippen LogP contribution is -2.37. The number of ether oxygens (including phenoxy) is 2. The molecule has 1 aliphatic carbocycles. The molecule has 2 fully saturated rings.